The SMILES string of the molecule is COc1cc(C)c(C(F)(F)F)cc1C(N)=O. The maximum Gasteiger partial charge on any atom is 0.416 e. The number of nitrogens with two attached hydrogens (primary N) is 1. The lowest BCUT2D eigenvalue weighted by molar-refractivity contribution is -0.138. The number of halogens is 3. The third-order valence-corrected chi connectivity index (χ3v) is 2.12. The number of primary amides is 1. The van der Waals surface area contributed by atoms with Crippen molar-refractivity contribution in [1.29, 1.82) is 0 Å². The van der Waals surface area contributed by atoms with E-state index in [9.17, 15) is 18.0 Å². The molecule has 0 heterocycles. The summed E-state index contributed by atoms with van der Waals surface area (Å²) >= 11 is 0. The summed E-state index contributed by atoms with van der Waals surface area (Å²) in [6.45, 7) is 1.29. The molecular weight excluding hydrogens is 223 g/mol. The minimum atomic E-state index is -4.51. The zero-order chi connectivity index (χ0) is 12.5. The van der Waals surface area contributed by atoms with Gasteiger partial charge in [0, 0.05) is 0 Å². The highest BCUT2D eigenvalue weighted by Crippen LogP contribution is 2.35. The molecule has 0 bridgehead atoms. The molecule has 6 heteroatoms. The van der Waals surface area contributed by atoms with E-state index in [0.717, 1.165) is 6.07 Å². The molecule has 0 aromatic heterocycles. The van der Waals surface area contributed by atoms with Crippen LogP contribution in [0.15, 0.2) is 12.1 Å². The largest absolute Gasteiger partial charge is 0.496 e. The first kappa shape index (κ1) is 12.4. The Kier molecular flexibility index (Phi) is 3.11. The summed E-state index contributed by atoms with van der Waals surface area (Å²) in [4.78, 5) is 10.9. The van der Waals surface area contributed by atoms with Gasteiger partial charge in [-0.2, -0.15) is 13.2 Å². The van der Waals surface area contributed by atoms with Gasteiger partial charge >= 0.3 is 6.18 Å². The first-order chi connectivity index (χ1) is 7.27. The Morgan fingerprint density at radius 2 is 1.94 bits per heavy atom. The van der Waals surface area contributed by atoms with Crippen molar-refractivity contribution >= 4 is 5.91 Å². The Hall–Kier alpha value is -1.72. The number of benzene rings is 1. The third-order valence-electron chi connectivity index (χ3n) is 2.12. The van der Waals surface area contributed by atoms with Crippen molar-refractivity contribution in [3.63, 3.8) is 0 Å². The number of carbonyl (C=O) groups is 1. The quantitative estimate of drug-likeness (QED) is 0.850. The van der Waals surface area contributed by atoms with E-state index in [0.29, 0.717) is 6.07 Å². The van der Waals surface area contributed by atoms with Gasteiger partial charge < -0.3 is 10.5 Å². The molecular formula is C10H10F3NO2. The van der Waals surface area contributed by atoms with Gasteiger partial charge in [-0.3, -0.25) is 4.79 Å². The molecule has 1 aromatic carbocycles. The van der Waals surface area contributed by atoms with E-state index < -0.39 is 17.6 Å². The molecule has 2 N–H and O–H groups in total. The Morgan fingerprint density at radius 3 is 2.31 bits per heavy atom. The normalized spacial score (nSPS) is 11.3. The minimum Gasteiger partial charge on any atom is -0.496 e. The van der Waals surface area contributed by atoms with E-state index in [1.54, 1.807) is 0 Å². The van der Waals surface area contributed by atoms with Crippen LogP contribution in [-0.2, 0) is 6.18 Å². The average molecular weight is 233 g/mol. The molecule has 16 heavy (non-hydrogen) atoms. The molecule has 0 aliphatic carbocycles. The van der Waals surface area contributed by atoms with Crippen LogP contribution in [0.2, 0.25) is 0 Å². The van der Waals surface area contributed by atoms with E-state index in [1.165, 1.54) is 14.0 Å². The number of ether oxygens (including phenoxy) is 1. The van der Waals surface area contributed by atoms with Gasteiger partial charge in [-0.25, -0.2) is 0 Å². The lowest BCUT2D eigenvalue weighted by Crippen LogP contribution is -2.16. The third kappa shape index (κ3) is 2.26. The maximum absolute atomic E-state index is 12.5. The highest BCUT2D eigenvalue weighted by molar-refractivity contribution is 5.96. The van der Waals surface area contributed by atoms with Crippen LogP contribution in [0, 0.1) is 6.92 Å². The summed E-state index contributed by atoms with van der Waals surface area (Å²) in [6, 6.07) is 1.85. The number of carbonyl (C=O) groups excluding carboxylic acids is 1. The predicted octanol–water partition coefficient (Wildman–Crippen LogP) is 2.12. The van der Waals surface area contributed by atoms with Gasteiger partial charge in [0.05, 0.1) is 18.2 Å². The summed E-state index contributed by atoms with van der Waals surface area (Å²) in [5.41, 5.74) is 3.78. The lowest BCUT2D eigenvalue weighted by atomic mass is 10.0. The molecule has 0 spiro atoms. The molecule has 1 amide bonds. The fourth-order valence-corrected chi connectivity index (χ4v) is 1.35. The Labute approximate surface area is 90.0 Å². The molecule has 0 saturated heterocycles. The van der Waals surface area contributed by atoms with Gasteiger partial charge in [0.15, 0.2) is 0 Å². The average Bonchev–Trinajstić information content (AvgIpc) is 2.14. The maximum atomic E-state index is 12.5. The monoisotopic (exact) mass is 233 g/mol. The number of aryl methyl sites for hydroxylation is 1. The van der Waals surface area contributed by atoms with Crippen LogP contribution in [0.4, 0.5) is 13.2 Å². The van der Waals surface area contributed by atoms with E-state index in [2.05, 4.69) is 0 Å². The van der Waals surface area contributed by atoms with Crippen molar-refractivity contribution in [1.82, 2.24) is 0 Å². The van der Waals surface area contributed by atoms with Crippen LogP contribution in [0.3, 0.4) is 0 Å². The molecule has 3 nitrogen and oxygen atoms in total. The van der Waals surface area contributed by atoms with Crippen LogP contribution in [0.25, 0.3) is 0 Å². The van der Waals surface area contributed by atoms with Crippen molar-refractivity contribution in [3.05, 3.63) is 28.8 Å². The predicted molar refractivity (Wildman–Crippen MR) is 51.3 cm³/mol. The Bertz CT molecular complexity index is 427. The highest BCUT2D eigenvalue weighted by atomic mass is 19.4. The van der Waals surface area contributed by atoms with Gasteiger partial charge in [-0.1, -0.05) is 0 Å². The smallest absolute Gasteiger partial charge is 0.416 e. The zero-order valence-corrected chi connectivity index (χ0v) is 8.68. The topological polar surface area (TPSA) is 52.3 Å². The number of hydrogen-bond donors (Lipinski definition) is 1. The molecule has 88 valence electrons. The molecule has 0 atom stereocenters. The van der Waals surface area contributed by atoms with Crippen molar-refractivity contribution in [2.24, 2.45) is 5.73 Å². The van der Waals surface area contributed by atoms with Crippen molar-refractivity contribution in [3.8, 4) is 5.75 Å². The Morgan fingerprint density at radius 1 is 1.38 bits per heavy atom. The summed E-state index contributed by atoms with van der Waals surface area (Å²) in [6.07, 6.45) is -4.51. The van der Waals surface area contributed by atoms with Gasteiger partial charge in [0.2, 0.25) is 0 Å². The second-order valence-corrected chi connectivity index (χ2v) is 3.23. The fourth-order valence-electron chi connectivity index (χ4n) is 1.35. The molecule has 0 radical (unpaired) electrons. The van der Waals surface area contributed by atoms with Crippen LogP contribution >= 0.6 is 0 Å². The number of rotatable bonds is 2. The second kappa shape index (κ2) is 4.03. The van der Waals surface area contributed by atoms with E-state index >= 15 is 0 Å². The van der Waals surface area contributed by atoms with E-state index in [4.69, 9.17) is 10.5 Å². The van der Waals surface area contributed by atoms with Crippen LogP contribution in [-0.4, -0.2) is 13.0 Å². The van der Waals surface area contributed by atoms with Gasteiger partial charge in [-0.15, -0.1) is 0 Å². The summed E-state index contributed by atoms with van der Waals surface area (Å²) in [5, 5.41) is 0. The van der Waals surface area contributed by atoms with Gasteiger partial charge in [0.1, 0.15) is 5.75 Å². The molecule has 0 saturated carbocycles. The van der Waals surface area contributed by atoms with Crippen molar-refractivity contribution in [2.75, 3.05) is 7.11 Å². The van der Waals surface area contributed by atoms with E-state index in [-0.39, 0.29) is 16.9 Å². The number of hydrogen-bond acceptors (Lipinski definition) is 2. The van der Waals surface area contributed by atoms with Crippen LogP contribution in [0.1, 0.15) is 21.5 Å². The van der Waals surface area contributed by atoms with Gasteiger partial charge in [0.25, 0.3) is 5.91 Å². The molecule has 0 aliphatic heterocycles. The number of amides is 1. The zero-order valence-electron chi connectivity index (χ0n) is 8.68. The first-order valence-corrected chi connectivity index (χ1v) is 4.33. The summed E-state index contributed by atoms with van der Waals surface area (Å²) in [7, 11) is 1.26. The first-order valence-electron chi connectivity index (χ1n) is 4.33. The van der Waals surface area contributed by atoms with Gasteiger partial charge in [-0.05, 0) is 24.6 Å². The Balaban J connectivity index is 3.45. The van der Waals surface area contributed by atoms with Crippen LogP contribution < -0.4 is 10.5 Å². The minimum absolute atomic E-state index is 0.0191. The molecule has 0 unspecified atom stereocenters. The number of methoxy groups -OCH3 is 1. The standard InChI is InChI=1S/C10H10F3NO2/c1-5-3-8(16-2)6(9(14)15)4-7(5)10(11,12)13/h3-4H,1-2H3,(H2,14,15). The molecule has 0 aliphatic rings. The molecule has 1 aromatic rings. The fraction of sp³-hybridized carbons (Fsp3) is 0.300. The highest BCUT2D eigenvalue weighted by Gasteiger charge is 2.33. The lowest BCUT2D eigenvalue weighted by Gasteiger charge is -2.13. The molecule has 0 fully saturated rings. The molecule has 1 rings (SSSR count). The summed E-state index contributed by atoms with van der Waals surface area (Å²) < 4.78 is 42.4. The number of alkyl halides is 3. The van der Waals surface area contributed by atoms with Crippen molar-refractivity contribution in [2.45, 2.75) is 13.1 Å². The van der Waals surface area contributed by atoms with Crippen molar-refractivity contribution < 1.29 is 22.7 Å². The van der Waals surface area contributed by atoms with E-state index in [1.807, 2.05) is 0 Å². The van der Waals surface area contributed by atoms with Crippen LogP contribution in [0.5, 0.6) is 5.75 Å². The second-order valence-electron chi connectivity index (χ2n) is 3.23. The summed E-state index contributed by atoms with van der Waals surface area (Å²) in [5.74, 6) is -0.916.